The van der Waals surface area contributed by atoms with Crippen molar-refractivity contribution in [2.75, 3.05) is 0 Å². The Morgan fingerprint density at radius 2 is 1.00 bits per heavy atom. The van der Waals surface area contributed by atoms with E-state index in [1.807, 2.05) is 0 Å². The zero-order valence-corrected chi connectivity index (χ0v) is 11.5. The van der Waals surface area contributed by atoms with Gasteiger partial charge >= 0.3 is 41.7 Å². The number of hydrogen-bond donors (Lipinski definition) is 0. The number of halogens is 16. The molecular formula is C10F16O. The largest absolute Gasteiger partial charge is 0.438 e. The van der Waals surface area contributed by atoms with Crippen LogP contribution >= 0.6 is 0 Å². The van der Waals surface area contributed by atoms with Gasteiger partial charge in [-0.3, -0.25) is 0 Å². The summed E-state index contributed by atoms with van der Waals surface area (Å²) in [5.74, 6) is -34.3. The Balaban J connectivity index is 3.81. The van der Waals surface area contributed by atoms with Gasteiger partial charge in [-0.25, -0.2) is 13.2 Å². The lowest BCUT2D eigenvalue weighted by molar-refractivity contribution is -0.449. The standard InChI is InChI=1S/C10F16O/c11-1-2(12)4(14)27-5(15,3(1)13)7(17,18)8(19,20)6(16,9(21,22)23)10(24,25)26. The van der Waals surface area contributed by atoms with Crippen LogP contribution in [-0.4, -0.2) is 35.7 Å². The van der Waals surface area contributed by atoms with Crippen LogP contribution < -0.4 is 0 Å². The molecule has 0 radical (unpaired) electrons. The van der Waals surface area contributed by atoms with E-state index < -0.39 is 59.2 Å². The predicted octanol–water partition coefficient (Wildman–Crippen LogP) is 6.04. The Hall–Kier alpha value is -1.84. The highest BCUT2D eigenvalue weighted by Gasteiger charge is 2.94. The van der Waals surface area contributed by atoms with Crippen molar-refractivity contribution in [1.82, 2.24) is 0 Å². The quantitative estimate of drug-likeness (QED) is 0.486. The SMILES string of the molecule is FC1=C(F)C(F)=C(F)C(F)(C(F)(F)C(F)(F)C(F)(C(F)(F)F)C(F)(F)F)O1. The average molecular weight is 440 g/mol. The zero-order chi connectivity index (χ0) is 22.0. The molecule has 0 bridgehead atoms. The van der Waals surface area contributed by atoms with Crippen LogP contribution in [0.5, 0.6) is 0 Å². The maximum Gasteiger partial charge on any atom is 0.438 e. The molecule has 1 nitrogen and oxygen atoms in total. The number of allylic oxidation sites excluding steroid dienone is 2. The lowest BCUT2D eigenvalue weighted by atomic mass is 9.86. The Labute approximate surface area is 135 Å². The molecule has 0 N–H and O–H groups in total. The van der Waals surface area contributed by atoms with Crippen molar-refractivity contribution in [3.63, 3.8) is 0 Å². The van der Waals surface area contributed by atoms with Crippen molar-refractivity contribution in [3.05, 3.63) is 23.5 Å². The van der Waals surface area contributed by atoms with Crippen molar-refractivity contribution in [1.29, 1.82) is 0 Å². The van der Waals surface area contributed by atoms with Crippen molar-refractivity contribution >= 4 is 0 Å². The monoisotopic (exact) mass is 440 g/mol. The predicted molar refractivity (Wildman–Crippen MR) is 49.3 cm³/mol. The third-order valence-corrected chi connectivity index (χ3v) is 3.08. The lowest BCUT2D eigenvalue weighted by Crippen LogP contribution is -2.74. The summed E-state index contributed by atoms with van der Waals surface area (Å²) in [6.45, 7) is 0. The fourth-order valence-electron chi connectivity index (χ4n) is 1.67. The van der Waals surface area contributed by atoms with Gasteiger partial charge in [-0.05, 0) is 0 Å². The molecule has 1 heterocycles. The van der Waals surface area contributed by atoms with E-state index in [0.29, 0.717) is 0 Å². The Bertz CT molecular complexity index is 666. The Morgan fingerprint density at radius 3 is 1.33 bits per heavy atom. The van der Waals surface area contributed by atoms with Crippen LogP contribution in [0.25, 0.3) is 0 Å². The van der Waals surface area contributed by atoms with E-state index in [0.717, 1.165) is 0 Å². The van der Waals surface area contributed by atoms with Crippen LogP contribution in [-0.2, 0) is 4.74 Å². The van der Waals surface area contributed by atoms with E-state index in [9.17, 15) is 70.2 Å². The molecule has 27 heavy (non-hydrogen) atoms. The molecule has 0 aromatic rings. The van der Waals surface area contributed by atoms with Crippen LogP contribution in [0.3, 0.4) is 0 Å². The number of ether oxygens (including phenoxy) is 1. The van der Waals surface area contributed by atoms with Gasteiger partial charge in [0.05, 0.1) is 0 Å². The number of alkyl halides is 12. The molecule has 0 fully saturated rings. The van der Waals surface area contributed by atoms with Gasteiger partial charge in [0.15, 0.2) is 0 Å². The van der Waals surface area contributed by atoms with Crippen LogP contribution in [0.15, 0.2) is 23.5 Å². The molecule has 0 saturated heterocycles. The molecule has 0 aromatic carbocycles. The van der Waals surface area contributed by atoms with Crippen molar-refractivity contribution in [2.45, 2.75) is 35.7 Å². The first kappa shape index (κ1) is 23.2. The summed E-state index contributed by atoms with van der Waals surface area (Å²) in [6.07, 6.45) is -15.9. The summed E-state index contributed by atoms with van der Waals surface area (Å²) in [7, 11) is 0. The molecule has 1 aliphatic heterocycles. The summed E-state index contributed by atoms with van der Waals surface area (Å²) in [6, 6.07) is -3.59. The summed E-state index contributed by atoms with van der Waals surface area (Å²) in [5, 5.41) is 0. The first-order chi connectivity index (χ1) is 11.6. The minimum Gasteiger partial charge on any atom is -0.419 e. The fourth-order valence-corrected chi connectivity index (χ4v) is 1.67. The minimum atomic E-state index is -8.32. The smallest absolute Gasteiger partial charge is 0.419 e. The van der Waals surface area contributed by atoms with E-state index in [2.05, 4.69) is 4.74 Å². The second kappa shape index (κ2) is 5.83. The molecule has 17 heteroatoms. The van der Waals surface area contributed by atoms with E-state index in [4.69, 9.17) is 0 Å². The topological polar surface area (TPSA) is 9.23 Å². The number of hydrogen-bond acceptors (Lipinski definition) is 1. The fraction of sp³-hybridized carbons (Fsp3) is 0.600. The second-order valence-electron chi connectivity index (χ2n) is 4.72. The minimum absolute atomic E-state index is 2.31. The van der Waals surface area contributed by atoms with Gasteiger partial charge in [-0.15, -0.1) is 0 Å². The lowest BCUT2D eigenvalue weighted by Gasteiger charge is -2.43. The molecule has 0 amide bonds. The highest BCUT2D eigenvalue weighted by molar-refractivity contribution is 5.34. The Morgan fingerprint density at radius 1 is 0.630 bits per heavy atom. The van der Waals surface area contributed by atoms with E-state index in [1.54, 1.807) is 0 Å². The van der Waals surface area contributed by atoms with Crippen molar-refractivity contribution in [3.8, 4) is 0 Å². The molecule has 1 atom stereocenters. The molecule has 1 rings (SSSR count). The van der Waals surface area contributed by atoms with E-state index in [1.165, 1.54) is 0 Å². The van der Waals surface area contributed by atoms with Crippen molar-refractivity contribution < 1.29 is 75.0 Å². The van der Waals surface area contributed by atoms with Gasteiger partial charge in [0, 0.05) is 0 Å². The first-order valence-electron chi connectivity index (χ1n) is 5.68. The maximum absolute atomic E-state index is 13.8. The van der Waals surface area contributed by atoms with E-state index in [-0.39, 0.29) is 0 Å². The highest BCUT2D eigenvalue weighted by atomic mass is 19.4. The zero-order valence-electron chi connectivity index (χ0n) is 11.5. The molecule has 1 unspecified atom stereocenters. The van der Waals surface area contributed by atoms with Gasteiger partial charge in [0.1, 0.15) is 0 Å². The average Bonchev–Trinajstić information content (AvgIpc) is 2.47. The molecule has 0 aliphatic carbocycles. The molecule has 0 spiro atoms. The molecule has 158 valence electrons. The van der Waals surface area contributed by atoms with Gasteiger partial charge < -0.3 is 4.74 Å². The summed E-state index contributed by atoms with van der Waals surface area (Å²) in [4.78, 5) is 0. The summed E-state index contributed by atoms with van der Waals surface area (Å²) >= 11 is 0. The number of rotatable bonds is 3. The second-order valence-corrected chi connectivity index (χ2v) is 4.72. The third kappa shape index (κ3) is 2.71. The normalized spacial score (nSPS) is 23.7. The van der Waals surface area contributed by atoms with Crippen LogP contribution in [0.1, 0.15) is 0 Å². The van der Waals surface area contributed by atoms with Gasteiger partial charge in [-0.1, -0.05) is 0 Å². The van der Waals surface area contributed by atoms with Crippen LogP contribution in [0, 0.1) is 0 Å². The highest BCUT2D eigenvalue weighted by Crippen LogP contribution is 2.64. The first-order valence-corrected chi connectivity index (χ1v) is 5.68. The van der Waals surface area contributed by atoms with Gasteiger partial charge in [0.2, 0.25) is 17.5 Å². The van der Waals surface area contributed by atoms with Gasteiger partial charge in [-0.2, -0.15) is 57.1 Å². The molecule has 0 aromatic heterocycles. The third-order valence-electron chi connectivity index (χ3n) is 3.08. The van der Waals surface area contributed by atoms with Gasteiger partial charge in [0.25, 0.3) is 0 Å². The molecular weight excluding hydrogens is 440 g/mol. The molecule has 0 saturated carbocycles. The van der Waals surface area contributed by atoms with Crippen molar-refractivity contribution in [2.24, 2.45) is 0 Å². The van der Waals surface area contributed by atoms with Crippen LogP contribution in [0.2, 0.25) is 0 Å². The summed E-state index contributed by atoms with van der Waals surface area (Å²) < 4.78 is 208. The van der Waals surface area contributed by atoms with Crippen LogP contribution in [0.4, 0.5) is 70.2 Å². The summed E-state index contributed by atoms with van der Waals surface area (Å²) in [5.41, 5.74) is -8.26. The van der Waals surface area contributed by atoms with E-state index >= 15 is 0 Å². The Kier molecular flexibility index (Phi) is 5.01. The maximum atomic E-state index is 13.8. The molecule has 1 aliphatic rings.